The van der Waals surface area contributed by atoms with Gasteiger partial charge in [-0.25, -0.2) is 0 Å². The van der Waals surface area contributed by atoms with Crippen LogP contribution in [0.5, 0.6) is 11.5 Å². The Kier molecular flexibility index (Phi) is 7.96. The molecule has 0 spiro atoms. The second kappa shape index (κ2) is 13.7. The van der Waals surface area contributed by atoms with Crippen LogP contribution < -0.4 is 26.0 Å². The van der Waals surface area contributed by atoms with E-state index in [1.807, 2.05) is 0 Å². The summed E-state index contributed by atoms with van der Waals surface area (Å²) >= 11 is 0. The Hall–Kier alpha value is -7.36. The van der Waals surface area contributed by atoms with Crippen molar-refractivity contribution >= 4 is 40.2 Å². The lowest BCUT2D eigenvalue weighted by molar-refractivity contribution is 0.488. The molecule has 0 bridgehead atoms. The number of hydrogen-bond donors (Lipinski definition) is 0. The van der Waals surface area contributed by atoms with E-state index in [1.54, 1.807) is 0 Å². The van der Waals surface area contributed by atoms with E-state index in [0.29, 0.717) is 0 Å². The number of nitrogens with zero attached hydrogens (tertiary/aromatic N) is 1. The molecule has 0 unspecified atom stereocenters. The molecule has 2 aliphatic heterocycles. The van der Waals surface area contributed by atoms with Gasteiger partial charge in [0, 0.05) is 22.5 Å². The molecule has 57 heavy (non-hydrogen) atoms. The van der Waals surface area contributed by atoms with Crippen LogP contribution in [-0.2, 0) is 0 Å². The molecular formula is C54H36BNO. The standard InChI is InChI=1S/C54H36BNO/c1-5-18-37(19-6-1)41-32-42(38-20-7-2-8-21-38)34-43(33-41)44-35-50-53-52(36-44)57-51-31-16-14-29-48(51)55(53)47-28-13-15-30-49(47)56(50)54-45(39-22-9-3-10-23-39)26-17-27-46(54)40-24-11-4-12-25-40/h1-36H. The maximum absolute atomic E-state index is 7.02. The van der Waals surface area contributed by atoms with Crippen LogP contribution >= 0.6 is 0 Å². The minimum atomic E-state index is 0.000968. The molecule has 9 aromatic rings. The molecule has 0 saturated carbocycles. The number of fused-ring (bicyclic) bond motifs is 4. The molecule has 11 rings (SSSR count). The molecule has 0 amide bonds. The van der Waals surface area contributed by atoms with Gasteiger partial charge in [-0.1, -0.05) is 176 Å². The molecular weight excluding hydrogens is 689 g/mol. The monoisotopic (exact) mass is 725 g/mol. The lowest BCUT2D eigenvalue weighted by Crippen LogP contribution is -2.59. The Morgan fingerprint density at radius 2 is 0.772 bits per heavy atom. The van der Waals surface area contributed by atoms with Gasteiger partial charge in [0.25, 0.3) is 6.71 Å². The van der Waals surface area contributed by atoms with Gasteiger partial charge in [0.2, 0.25) is 0 Å². The smallest absolute Gasteiger partial charge is 0.256 e. The van der Waals surface area contributed by atoms with E-state index in [-0.39, 0.29) is 6.71 Å². The zero-order valence-corrected chi connectivity index (χ0v) is 31.2. The quantitative estimate of drug-likeness (QED) is 0.158. The SMILES string of the molecule is c1ccc(-c2cc(-c3ccccc3)cc(-c3cc4c5c(c3)N(c3c(-c6ccccc6)cccc3-c3ccccc3)c3ccccc3B5c3ccccc3O4)c2)cc1. The summed E-state index contributed by atoms with van der Waals surface area (Å²) in [5, 5.41) is 0. The molecule has 2 heterocycles. The number of anilines is 3. The molecule has 0 aromatic heterocycles. The van der Waals surface area contributed by atoms with Gasteiger partial charge >= 0.3 is 0 Å². The van der Waals surface area contributed by atoms with Crippen molar-refractivity contribution in [2.75, 3.05) is 4.90 Å². The number of ether oxygens (including phenoxy) is 1. The van der Waals surface area contributed by atoms with Crippen molar-refractivity contribution in [3.63, 3.8) is 0 Å². The van der Waals surface area contributed by atoms with Gasteiger partial charge in [0.15, 0.2) is 0 Å². The summed E-state index contributed by atoms with van der Waals surface area (Å²) in [6.45, 7) is 0.000968. The summed E-state index contributed by atoms with van der Waals surface area (Å²) in [6, 6.07) is 78.9. The molecule has 0 fully saturated rings. The summed E-state index contributed by atoms with van der Waals surface area (Å²) in [4.78, 5) is 2.52. The third-order valence-corrected chi connectivity index (χ3v) is 11.5. The number of rotatable bonds is 6. The van der Waals surface area contributed by atoms with E-state index in [1.165, 1.54) is 66.6 Å². The van der Waals surface area contributed by atoms with Gasteiger partial charge < -0.3 is 9.64 Å². The van der Waals surface area contributed by atoms with Gasteiger partial charge in [-0.15, -0.1) is 0 Å². The van der Waals surface area contributed by atoms with Crippen LogP contribution in [0.25, 0.3) is 55.6 Å². The first-order valence-corrected chi connectivity index (χ1v) is 19.6. The Balaban J connectivity index is 1.23. The minimum Gasteiger partial charge on any atom is -0.458 e. The number of para-hydroxylation sites is 3. The molecule has 0 atom stereocenters. The van der Waals surface area contributed by atoms with E-state index in [9.17, 15) is 0 Å². The number of benzene rings is 9. The predicted molar refractivity (Wildman–Crippen MR) is 239 cm³/mol. The van der Waals surface area contributed by atoms with Gasteiger partial charge in [0.05, 0.1) is 5.69 Å². The summed E-state index contributed by atoms with van der Waals surface area (Å²) in [6.07, 6.45) is 0. The van der Waals surface area contributed by atoms with Crippen molar-refractivity contribution in [1.29, 1.82) is 0 Å². The van der Waals surface area contributed by atoms with Gasteiger partial charge in [-0.2, -0.15) is 0 Å². The lowest BCUT2D eigenvalue weighted by Gasteiger charge is -2.41. The summed E-state index contributed by atoms with van der Waals surface area (Å²) in [7, 11) is 0. The van der Waals surface area contributed by atoms with Crippen LogP contribution in [0.1, 0.15) is 0 Å². The highest BCUT2D eigenvalue weighted by Crippen LogP contribution is 2.49. The fourth-order valence-corrected chi connectivity index (χ4v) is 8.93. The Bertz CT molecular complexity index is 2810. The average Bonchev–Trinajstić information content (AvgIpc) is 3.29. The zero-order valence-electron chi connectivity index (χ0n) is 31.2. The van der Waals surface area contributed by atoms with Crippen LogP contribution in [0, 0.1) is 0 Å². The second-order valence-corrected chi connectivity index (χ2v) is 14.8. The average molecular weight is 726 g/mol. The fraction of sp³-hybridized carbons (Fsp3) is 0. The Morgan fingerprint density at radius 3 is 1.35 bits per heavy atom. The Morgan fingerprint density at radius 1 is 0.316 bits per heavy atom. The molecule has 2 aliphatic rings. The van der Waals surface area contributed by atoms with Crippen molar-refractivity contribution in [3.05, 3.63) is 218 Å². The van der Waals surface area contributed by atoms with Crippen LogP contribution in [0.15, 0.2) is 218 Å². The summed E-state index contributed by atoms with van der Waals surface area (Å²) in [5.41, 5.74) is 18.6. The molecule has 9 aromatic carbocycles. The van der Waals surface area contributed by atoms with Gasteiger partial charge in [0.1, 0.15) is 11.5 Å². The van der Waals surface area contributed by atoms with E-state index in [2.05, 4.69) is 223 Å². The van der Waals surface area contributed by atoms with Crippen molar-refractivity contribution < 1.29 is 4.74 Å². The van der Waals surface area contributed by atoms with E-state index in [0.717, 1.165) is 34.0 Å². The summed E-state index contributed by atoms with van der Waals surface area (Å²) < 4.78 is 7.02. The molecule has 266 valence electrons. The molecule has 2 nitrogen and oxygen atoms in total. The predicted octanol–water partition coefficient (Wildman–Crippen LogP) is 12.4. The first-order chi connectivity index (χ1) is 28.3. The van der Waals surface area contributed by atoms with Gasteiger partial charge in [-0.3, -0.25) is 0 Å². The van der Waals surface area contributed by atoms with Crippen LogP contribution in [0.3, 0.4) is 0 Å². The molecule has 0 aliphatic carbocycles. The number of hydrogen-bond acceptors (Lipinski definition) is 2. The van der Waals surface area contributed by atoms with E-state index in [4.69, 9.17) is 4.74 Å². The third-order valence-electron chi connectivity index (χ3n) is 11.5. The first kappa shape index (κ1) is 33.0. The van der Waals surface area contributed by atoms with Crippen molar-refractivity contribution in [3.8, 4) is 67.1 Å². The van der Waals surface area contributed by atoms with Crippen LogP contribution in [-0.4, -0.2) is 6.71 Å². The van der Waals surface area contributed by atoms with E-state index >= 15 is 0 Å². The molecule has 0 radical (unpaired) electrons. The van der Waals surface area contributed by atoms with Gasteiger partial charge in [-0.05, 0) is 103 Å². The minimum absolute atomic E-state index is 0.000968. The highest BCUT2D eigenvalue weighted by molar-refractivity contribution is 6.99. The molecule has 3 heteroatoms. The zero-order chi connectivity index (χ0) is 37.7. The fourth-order valence-electron chi connectivity index (χ4n) is 8.93. The van der Waals surface area contributed by atoms with Crippen molar-refractivity contribution in [1.82, 2.24) is 0 Å². The molecule has 0 saturated heterocycles. The van der Waals surface area contributed by atoms with Crippen molar-refractivity contribution in [2.45, 2.75) is 0 Å². The normalized spacial score (nSPS) is 12.3. The maximum atomic E-state index is 7.02. The lowest BCUT2D eigenvalue weighted by atomic mass is 9.34. The summed E-state index contributed by atoms with van der Waals surface area (Å²) in [5.74, 6) is 1.79. The largest absolute Gasteiger partial charge is 0.458 e. The highest BCUT2D eigenvalue weighted by Gasteiger charge is 2.42. The maximum Gasteiger partial charge on any atom is 0.256 e. The van der Waals surface area contributed by atoms with Crippen LogP contribution in [0.2, 0.25) is 0 Å². The van der Waals surface area contributed by atoms with Crippen LogP contribution in [0.4, 0.5) is 17.1 Å². The second-order valence-electron chi connectivity index (χ2n) is 14.8. The van der Waals surface area contributed by atoms with E-state index < -0.39 is 0 Å². The van der Waals surface area contributed by atoms with Crippen molar-refractivity contribution in [2.24, 2.45) is 0 Å². The topological polar surface area (TPSA) is 12.5 Å². The highest BCUT2D eigenvalue weighted by atomic mass is 16.5. The Labute approximate surface area is 334 Å². The third kappa shape index (κ3) is 5.67. The first-order valence-electron chi connectivity index (χ1n) is 19.6. The molecule has 0 N–H and O–H groups in total.